The van der Waals surface area contributed by atoms with Crippen LogP contribution in [-0.4, -0.2) is 29.9 Å². The molecule has 148 valence electrons. The third-order valence-corrected chi connectivity index (χ3v) is 4.65. The molecule has 0 unspecified atom stereocenters. The molecule has 0 N–H and O–H groups in total. The number of aryl methyl sites for hydroxylation is 2. The van der Waals surface area contributed by atoms with E-state index in [1.165, 1.54) is 24.0 Å². The summed E-state index contributed by atoms with van der Waals surface area (Å²) < 4.78 is 13.1. The van der Waals surface area contributed by atoms with Crippen LogP contribution in [0.25, 0.3) is 0 Å². The maximum absolute atomic E-state index is 12.7. The number of carbonyl (C=O) groups is 1. The van der Waals surface area contributed by atoms with Crippen molar-refractivity contribution in [1.29, 1.82) is 0 Å². The summed E-state index contributed by atoms with van der Waals surface area (Å²) in [4.78, 5) is 12.7. The van der Waals surface area contributed by atoms with Crippen molar-refractivity contribution < 1.29 is 14.3 Å². The minimum Gasteiger partial charge on any atom is -0.351 e. The molecule has 0 aliphatic heterocycles. The lowest BCUT2D eigenvalue weighted by Gasteiger charge is -2.19. The highest BCUT2D eigenvalue weighted by molar-refractivity contribution is 5.94. The molecule has 0 atom stereocenters. The number of aromatic nitrogens is 1. The lowest BCUT2D eigenvalue weighted by atomic mass is 10.0. The summed E-state index contributed by atoms with van der Waals surface area (Å²) >= 11 is 0. The van der Waals surface area contributed by atoms with E-state index in [2.05, 4.69) is 31.2 Å². The second-order valence-electron chi connectivity index (χ2n) is 6.73. The van der Waals surface area contributed by atoms with Gasteiger partial charge in [-0.2, -0.15) is 0 Å². The Morgan fingerprint density at radius 2 is 1.59 bits per heavy atom. The van der Waals surface area contributed by atoms with Gasteiger partial charge in [-0.05, 0) is 56.4 Å². The van der Waals surface area contributed by atoms with Crippen LogP contribution in [0.2, 0.25) is 0 Å². The van der Waals surface area contributed by atoms with Gasteiger partial charge in [0.25, 0.3) is 0 Å². The average Bonchev–Trinajstić information content (AvgIpc) is 3.14. The van der Waals surface area contributed by atoms with Crippen LogP contribution in [0.5, 0.6) is 0 Å². The van der Waals surface area contributed by atoms with Gasteiger partial charge < -0.3 is 14.0 Å². The Bertz CT molecular complexity index is 669. The minimum atomic E-state index is -0.324. The molecule has 1 aromatic carbocycles. The molecule has 0 spiro atoms. The molecule has 2 rings (SSSR count). The Morgan fingerprint density at radius 1 is 0.963 bits per heavy atom. The van der Waals surface area contributed by atoms with Crippen LogP contribution in [0.15, 0.2) is 42.6 Å². The molecule has 0 fully saturated rings. The quantitative estimate of drug-likeness (QED) is 0.366. The van der Waals surface area contributed by atoms with E-state index in [0.717, 1.165) is 18.5 Å². The van der Waals surface area contributed by atoms with Crippen LogP contribution >= 0.6 is 0 Å². The molecule has 2 aromatic rings. The van der Waals surface area contributed by atoms with Gasteiger partial charge in [0.05, 0.1) is 12.2 Å². The summed E-state index contributed by atoms with van der Waals surface area (Å²) in [6, 6.07) is 12.5. The van der Waals surface area contributed by atoms with Crippen LogP contribution in [0, 0.1) is 0 Å². The fourth-order valence-electron chi connectivity index (χ4n) is 3.15. The summed E-state index contributed by atoms with van der Waals surface area (Å²) in [5.74, 6) is 0.154. The number of hydrogen-bond donors (Lipinski definition) is 0. The third-order valence-electron chi connectivity index (χ3n) is 4.65. The van der Waals surface area contributed by atoms with Crippen molar-refractivity contribution in [1.82, 2.24) is 4.57 Å². The van der Waals surface area contributed by atoms with E-state index in [1.807, 2.05) is 36.7 Å². The van der Waals surface area contributed by atoms with Crippen LogP contribution in [0.4, 0.5) is 0 Å². The van der Waals surface area contributed by atoms with Gasteiger partial charge in [-0.3, -0.25) is 4.79 Å². The van der Waals surface area contributed by atoms with Crippen LogP contribution in [-0.2, 0) is 28.9 Å². The van der Waals surface area contributed by atoms with E-state index in [4.69, 9.17) is 9.47 Å². The molecule has 1 heterocycles. The Hall–Kier alpha value is -1.91. The van der Waals surface area contributed by atoms with Crippen molar-refractivity contribution in [2.75, 3.05) is 13.2 Å². The maximum atomic E-state index is 12.7. The maximum Gasteiger partial charge on any atom is 0.179 e. The van der Waals surface area contributed by atoms with Gasteiger partial charge in [-0.1, -0.05) is 37.6 Å². The fraction of sp³-hybridized carbons (Fsp3) is 0.522. The molecule has 4 heteroatoms. The van der Waals surface area contributed by atoms with Gasteiger partial charge in [-0.15, -0.1) is 0 Å². The van der Waals surface area contributed by atoms with E-state index in [-0.39, 0.29) is 12.1 Å². The van der Waals surface area contributed by atoms with E-state index in [9.17, 15) is 4.79 Å². The molecule has 4 nitrogen and oxygen atoms in total. The topological polar surface area (TPSA) is 40.5 Å². The summed E-state index contributed by atoms with van der Waals surface area (Å²) in [6.45, 7) is 7.80. The molecule has 27 heavy (non-hydrogen) atoms. The Labute approximate surface area is 163 Å². The van der Waals surface area contributed by atoms with Gasteiger partial charge >= 0.3 is 0 Å². The van der Waals surface area contributed by atoms with Gasteiger partial charge in [0.2, 0.25) is 0 Å². The first kappa shape index (κ1) is 21.4. The number of hydrogen-bond acceptors (Lipinski definition) is 3. The highest BCUT2D eigenvalue weighted by Gasteiger charge is 2.15. The van der Waals surface area contributed by atoms with E-state index in [0.29, 0.717) is 26.2 Å². The Balaban J connectivity index is 1.91. The van der Waals surface area contributed by atoms with Crippen LogP contribution in [0.1, 0.15) is 61.6 Å². The summed E-state index contributed by atoms with van der Waals surface area (Å²) in [7, 11) is 0. The highest BCUT2D eigenvalue weighted by Crippen LogP contribution is 2.13. The van der Waals surface area contributed by atoms with Crippen molar-refractivity contribution in [2.45, 2.75) is 65.7 Å². The molecule has 0 radical (unpaired) electrons. The largest absolute Gasteiger partial charge is 0.351 e. The highest BCUT2D eigenvalue weighted by atomic mass is 16.7. The number of ether oxygens (including phenoxy) is 2. The SMILES string of the molecule is CCCCc1ccc(CCC(=O)c2cccn2CC(OCC)OCC)cc1. The predicted octanol–water partition coefficient (Wildman–Crippen LogP) is 5.05. The zero-order valence-corrected chi connectivity index (χ0v) is 16.9. The average molecular weight is 372 g/mol. The molecule has 0 aliphatic rings. The Kier molecular flexibility index (Phi) is 9.29. The summed E-state index contributed by atoms with van der Waals surface area (Å²) in [5.41, 5.74) is 3.31. The van der Waals surface area contributed by atoms with Gasteiger partial charge in [0, 0.05) is 25.8 Å². The third kappa shape index (κ3) is 6.96. The van der Waals surface area contributed by atoms with E-state index in [1.54, 1.807) is 0 Å². The van der Waals surface area contributed by atoms with Crippen molar-refractivity contribution >= 4 is 5.78 Å². The zero-order chi connectivity index (χ0) is 19.5. The molecule has 0 aliphatic carbocycles. The standard InChI is InChI=1S/C23H33NO3/c1-4-7-9-19-11-13-20(14-12-19)15-16-22(25)21-10-8-17-24(21)18-23(26-5-2)27-6-3/h8,10-14,17,23H,4-7,9,15-16,18H2,1-3H3. The number of unbranched alkanes of at least 4 members (excludes halogenated alkanes) is 1. The second kappa shape index (κ2) is 11.7. The molecular weight excluding hydrogens is 338 g/mol. The van der Waals surface area contributed by atoms with Crippen molar-refractivity contribution in [3.63, 3.8) is 0 Å². The monoisotopic (exact) mass is 371 g/mol. The normalized spacial score (nSPS) is 11.3. The molecule has 0 saturated carbocycles. The predicted molar refractivity (Wildman–Crippen MR) is 109 cm³/mol. The number of carbonyl (C=O) groups excluding carboxylic acids is 1. The van der Waals surface area contributed by atoms with Crippen molar-refractivity contribution in [2.24, 2.45) is 0 Å². The van der Waals surface area contributed by atoms with Crippen molar-refractivity contribution in [3.8, 4) is 0 Å². The summed E-state index contributed by atoms with van der Waals surface area (Å²) in [6.07, 6.45) is 6.42. The van der Waals surface area contributed by atoms with Gasteiger partial charge in [0.1, 0.15) is 0 Å². The first-order chi connectivity index (χ1) is 13.2. The number of ketones is 1. The first-order valence-electron chi connectivity index (χ1n) is 10.2. The molecular formula is C23H33NO3. The number of rotatable bonds is 13. The lowest BCUT2D eigenvalue weighted by molar-refractivity contribution is -0.143. The number of Topliss-reactive ketones (excluding diaryl/α,β-unsaturated/α-hetero) is 1. The molecule has 0 saturated heterocycles. The van der Waals surface area contributed by atoms with E-state index < -0.39 is 0 Å². The van der Waals surface area contributed by atoms with E-state index >= 15 is 0 Å². The van der Waals surface area contributed by atoms with Crippen LogP contribution < -0.4 is 0 Å². The summed E-state index contributed by atoms with van der Waals surface area (Å²) in [5, 5.41) is 0. The van der Waals surface area contributed by atoms with Gasteiger partial charge in [0.15, 0.2) is 12.1 Å². The Morgan fingerprint density at radius 3 is 2.19 bits per heavy atom. The second-order valence-corrected chi connectivity index (χ2v) is 6.73. The zero-order valence-electron chi connectivity index (χ0n) is 16.9. The van der Waals surface area contributed by atoms with Gasteiger partial charge in [-0.25, -0.2) is 0 Å². The minimum absolute atomic E-state index is 0.154. The number of benzene rings is 1. The molecule has 0 bridgehead atoms. The molecule has 0 amide bonds. The number of nitrogens with zero attached hydrogens (tertiary/aromatic N) is 1. The van der Waals surface area contributed by atoms with Crippen LogP contribution in [0.3, 0.4) is 0 Å². The first-order valence-corrected chi connectivity index (χ1v) is 10.2. The fourth-order valence-corrected chi connectivity index (χ4v) is 3.15. The van der Waals surface area contributed by atoms with Crippen molar-refractivity contribution in [3.05, 3.63) is 59.4 Å². The lowest BCUT2D eigenvalue weighted by Crippen LogP contribution is -2.25. The molecule has 1 aromatic heterocycles. The smallest absolute Gasteiger partial charge is 0.179 e.